The maximum Gasteiger partial charge on any atom is 0.348 e. The lowest BCUT2D eigenvalue weighted by Crippen LogP contribution is -2.19. The van der Waals surface area contributed by atoms with E-state index in [0.29, 0.717) is 23.9 Å². The standard InChI is InChI=1S/C11H14N4O2/c1-2-17-9-6-4-3-5-8(9)15-10(7-12)13-14-11(15)16/h3-6H,2,7,12H2,1H3,(H,14,16). The molecule has 17 heavy (non-hydrogen) atoms. The lowest BCUT2D eigenvalue weighted by atomic mass is 10.3. The molecule has 6 heteroatoms. The van der Waals surface area contributed by atoms with Crippen molar-refractivity contribution in [2.24, 2.45) is 5.73 Å². The topological polar surface area (TPSA) is 85.9 Å². The second-order valence-corrected chi connectivity index (χ2v) is 3.39. The number of ether oxygens (including phenoxy) is 1. The molecule has 1 aromatic heterocycles. The zero-order chi connectivity index (χ0) is 12.3. The van der Waals surface area contributed by atoms with Crippen LogP contribution in [0.4, 0.5) is 0 Å². The smallest absolute Gasteiger partial charge is 0.348 e. The molecule has 0 fully saturated rings. The Balaban J connectivity index is 2.59. The van der Waals surface area contributed by atoms with E-state index in [1.54, 1.807) is 12.1 Å². The number of benzene rings is 1. The van der Waals surface area contributed by atoms with Gasteiger partial charge >= 0.3 is 5.69 Å². The van der Waals surface area contributed by atoms with E-state index in [0.717, 1.165) is 0 Å². The summed E-state index contributed by atoms with van der Waals surface area (Å²) in [7, 11) is 0. The van der Waals surface area contributed by atoms with Crippen LogP contribution in [0.3, 0.4) is 0 Å². The Hall–Kier alpha value is -2.08. The van der Waals surface area contributed by atoms with E-state index in [4.69, 9.17) is 10.5 Å². The lowest BCUT2D eigenvalue weighted by Gasteiger charge is -2.10. The Morgan fingerprint density at radius 2 is 2.24 bits per heavy atom. The Bertz CT molecular complexity index is 559. The average Bonchev–Trinajstić information content (AvgIpc) is 2.72. The van der Waals surface area contributed by atoms with Gasteiger partial charge in [-0.25, -0.2) is 14.5 Å². The van der Waals surface area contributed by atoms with E-state index >= 15 is 0 Å². The third kappa shape index (κ3) is 2.07. The zero-order valence-electron chi connectivity index (χ0n) is 9.51. The molecule has 6 nitrogen and oxygen atoms in total. The van der Waals surface area contributed by atoms with Gasteiger partial charge < -0.3 is 10.5 Å². The van der Waals surface area contributed by atoms with Crippen LogP contribution in [0.2, 0.25) is 0 Å². The predicted molar refractivity (Wildman–Crippen MR) is 63.2 cm³/mol. The highest BCUT2D eigenvalue weighted by atomic mass is 16.5. The van der Waals surface area contributed by atoms with Crippen molar-refractivity contribution in [3.8, 4) is 11.4 Å². The number of para-hydroxylation sites is 2. The highest BCUT2D eigenvalue weighted by molar-refractivity contribution is 5.47. The Kier molecular flexibility index (Phi) is 3.24. The number of nitrogens with two attached hydrogens (primary N) is 1. The normalized spacial score (nSPS) is 10.5. The fraction of sp³-hybridized carbons (Fsp3) is 0.273. The lowest BCUT2D eigenvalue weighted by molar-refractivity contribution is 0.338. The second kappa shape index (κ2) is 4.84. The number of nitrogens with zero attached hydrogens (tertiary/aromatic N) is 2. The van der Waals surface area contributed by atoms with E-state index in [1.807, 2.05) is 19.1 Å². The van der Waals surface area contributed by atoms with Crippen LogP contribution in [-0.2, 0) is 6.54 Å². The first kappa shape index (κ1) is 11.4. The number of hydrogen-bond acceptors (Lipinski definition) is 4. The van der Waals surface area contributed by atoms with E-state index in [1.165, 1.54) is 4.57 Å². The van der Waals surface area contributed by atoms with Crippen LogP contribution in [0.15, 0.2) is 29.1 Å². The highest BCUT2D eigenvalue weighted by Gasteiger charge is 2.12. The first-order valence-corrected chi connectivity index (χ1v) is 5.36. The van der Waals surface area contributed by atoms with Crippen molar-refractivity contribution < 1.29 is 4.74 Å². The molecule has 2 rings (SSSR count). The molecule has 1 aromatic carbocycles. The molecule has 3 N–H and O–H groups in total. The maximum absolute atomic E-state index is 11.7. The molecule has 2 aromatic rings. The minimum Gasteiger partial charge on any atom is -0.492 e. The second-order valence-electron chi connectivity index (χ2n) is 3.39. The summed E-state index contributed by atoms with van der Waals surface area (Å²) in [5, 5.41) is 6.23. The number of hydrogen-bond donors (Lipinski definition) is 2. The van der Waals surface area contributed by atoms with Gasteiger partial charge in [-0.3, -0.25) is 0 Å². The van der Waals surface area contributed by atoms with Gasteiger partial charge in [0.2, 0.25) is 0 Å². The molecular weight excluding hydrogens is 220 g/mol. The van der Waals surface area contributed by atoms with Gasteiger partial charge in [0.25, 0.3) is 0 Å². The van der Waals surface area contributed by atoms with Crippen molar-refractivity contribution in [3.63, 3.8) is 0 Å². The molecule has 0 atom stereocenters. The largest absolute Gasteiger partial charge is 0.492 e. The van der Waals surface area contributed by atoms with Crippen molar-refractivity contribution in [1.82, 2.24) is 14.8 Å². The maximum atomic E-state index is 11.7. The minimum atomic E-state index is -0.322. The molecule has 1 heterocycles. The fourth-order valence-electron chi connectivity index (χ4n) is 1.63. The van der Waals surface area contributed by atoms with Gasteiger partial charge in [0, 0.05) is 0 Å². The van der Waals surface area contributed by atoms with Crippen LogP contribution >= 0.6 is 0 Å². The molecule has 0 unspecified atom stereocenters. The first-order valence-electron chi connectivity index (χ1n) is 5.36. The number of aromatic amines is 1. The summed E-state index contributed by atoms with van der Waals surface area (Å²) in [6, 6.07) is 7.28. The van der Waals surface area contributed by atoms with Crippen LogP contribution in [-0.4, -0.2) is 21.4 Å². The van der Waals surface area contributed by atoms with Gasteiger partial charge in [-0.1, -0.05) is 12.1 Å². The van der Waals surface area contributed by atoms with Crippen molar-refractivity contribution in [1.29, 1.82) is 0 Å². The van der Waals surface area contributed by atoms with Gasteiger partial charge in [-0.2, -0.15) is 5.10 Å². The minimum absolute atomic E-state index is 0.180. The third-order valence-electron chi connectivity index (χ3n) is 2.33. The van der Waals surface area contributed by atoms with Crippen molar-refractivity contribution in [3.05, 3.63) is 40.6 Å². The third-order valence-corrected chi connectivity index (χ3v) is 2.33. The summed E-state index contributed by atoms with van der Waals surface area (Å²) in [4.78, 5) is 11.7. The van der Waals surface area contributed by atoms with E-state index < -0.39 is 0 Å². The predicted octanol–water partition coefficient (Wildman–Crippen LogP) is 0.418. The first-order chi connectivity index (χ1) is 8.27. The molecule has 0 aliphatic heterocycles. The van der Waals surface area contributed by atoms with Crippen molar-refractivity contribution in [2.45, 2.75) is 13.5 Å². The van der Waals surface area contributed by atoms with Crippen LogP contribution < -0.4 is 16.2 Å². The quantitative estimate of drug-likeness (QED) is 0.802. The van der Waals surface area contributed by atoms with E-state index in [2.05, 4.69) is 10.2 Å². The molecule has 0 amide bonds. The van der Waals surface area contributed by atoms with Crippen LogP contribution in [0.25, 0.3) is 5.69 Å². The molecule has 0 saturated carbocycles. The molecule has 0 aliphatic carbocycles. The summed E-state index contributed by atoms with van der Waals surface area (Å²) >= 11 is 0. The van der Waals surface area contributed by atoms with Gasteiger partial charge in [-0.15, -0.1) is 0 Å². The summed E-state index contributed by atoms with van der Waals surface area (Å²) in [6.45, 7) is 2.60. The Morgan fingerprint density at radius 1 is 1.47 bits per heavy atom. The molecule has 0 aliphatic rings. The van der Waals surface area contributed by atoms with Crippen LogP contribution in [0.5, 0.6) is 5.75 Å². The molecule has 0 bridgehead atoms. The molecule has 0 spiro atoms. The van der Waals surface area contributed by atoms with Gasteiger partial charge in [0.1, 0.15) is 5.75 Å². The van der Waals surface area contributed by atoms with Crippen LogP contribution in [0, 0.1) is 0 Å². The fourth-order valence-corrected chi connectivity index (χ4v) is 1.63. The monoisotopic (exact) mass is 234 g/mol. The molecule has 90 valence electrons. The summed E-state index contributed by atoms with van der Waals surface area (Å²) in [5.41, 5.74) is 5.87. The number of H-pyrrole nitrogens is 1. The van der Waals surface area contributed by atoms with Crippen molar-refractivity contribution >= 4 is 0 Å². The molecule has 0 radical (unpaired) electrons. The van der Waals surface area contributed by atoms with Gasteiger partial charge in [-0.05, 0) is 19.1 Å². The number of aromatic nitrogens is 3. The van der Waals surface area contributed by atoms with Crippen LogP contribution in [0.1, 0.15) is 12.7 Å². The summed E-state index contributed by atoms with van der Waals surface area (Å²) in [5.74, 6) is 1.11. The van der Waals surface area contributed by atoms with Crippen molar-refractivity contribution in [2.75, 3.05) is 6.61 Å². The number of rotatable bonds is 4. The highest BCUT2D eigenvalue weighted by Crippen LogP contribution is 2.21. The Morgan fingerprint density at radius 3 is 2.94 bits per heavy atom. The summed E-state index contributed by atoms with van der Waals surface area (Å²) in [6.07, 6.45) is 0. The summed E-state index contributed by atoms with van der Waals surface area (Å²) < 4.78 is 6.89. The number of nitrogens with one attached hydrogen (secondary N) is 1. The van der Waals surface area contributed by atoms with Gasteiger partial charge in [0.05, 0.1) is 18.8 Å². The molecule has 0 saturated heterocycles. The van der Waals surface area contributed by atoms with E-state index in [-0.39, 0.29) is 12.2 Å². The Labute approximate surface area is 98.0 Å². The average molecular weight is 234 g/mol. The molecular formula is C11H14N4O2. The zero-order valence-corrected chi connectivity index (χ0v) is 9.51. The SMILES string of the molecule is CCOc1ccccc1-n1c(CN)n[nH]c1=O. The van der Waals surface area contributed by atoms with Gasteiger partial charge in [0.15, 0.2) is 5.82 Å². The van der Waals surface area contributed by atoms with E-state index in [9.17, 15) is 4.79 Å².